The maximum Gasteiger partial charge on any atom is 0.332 e. The first kappa shape index (κ1) is 46.1. The van der Waals surface area contributed by atoms with Crippen molar-refractivity contribution in [1.82, 2.24) is 0 Å². The fourth-order valence-corrected chi connectivity index (χ4v) is 10.9. The molecule has 0 amide bonds. The fraction of sp³-hybridized carbons (Fsp3) is 0.804. The Hall–Kier alpha value is -1.26. The first-order chi connectivity index (χ1) is 23.9. The Morgan fingerprint density at radius 1 is 0.906 bits per heavy atom. The highest BCUT2D eigenvalue weighted by Crippen LogP contribution is 2.56. The standard InChI is InChI=1S/C46H82O5Si2/c1-32-35(27-36(50-52(16,17)44(9,10)11)28-40(32)51-53(18,19)45(12,13)14)23-22-34-21-20-26-46(15)38(24-25-39(34)46)33(2)48-31-41(47)49-37(29-42(3,4)5)30-43(6,7)8/h22-24,33,36-37,39-40H,1,20-21,25-31H2,2-19H3/b34-22+,35-23-/t33?,36-,39+,40+,46-/m1/s1. The molecule has 0 aromatic rings. The lowest BCUT2D eigenvalue weighted by Crippen LogP contribution is -2.49. The van der Waals surface area contributed by atoms with E-state index in [0.717, 1.165) is 56.9 Å². The molecule has 0 heterocycles. The number of fused-ring (bicyclic) bond motifs is 1. The average Bonchev–Trinajstić information content (AvgIpc) is 3.31. The van der Waals surface area contributed by atoms with Crippen LogP contribution in [0, 0.1) is 22.2 Å². The molecule has 5 nitrogen and oxygen atoms in total. The van der Waals surface area contributed by atoms with Crippen LogP contribution < -0.4 is 0 Å². The van der Waals surface area contributed by atoms with Crippen molar-refractivity contribution in [2.24, 2.45) is 22.2 Å². The second kappa shape index (κ2) is 16.7. The molecular formula is C46H82O5Si2. The highest BCUT2D eigenvalue weighted by molar-refractivity contribution is 6.74. The molecular weight excluding hydrogens is 689 g/mol. The lowest BCUT2D eigenvalue weighted by molar-refractivity contribution is -0.158. The van der Waals surface area contributed by atoms with Gasteiger partial charge in [0.15, 0.2) is 16.6 Å². The largest absolute Gasteiger partial charge is 0.461 e. The third-order valence-corrected chi connectivity index (χ3v) is 22.2. The van der Waals surface area contributed by atoms with Crippen molar-refractivity contribution in [3.63, 3.8) is 0 Å². The monoisotopic (exact) mass is 771 g/mol. The predicted octanol–water partition coefficient (Wildman–Crippen LogP) is 13.3. The van der Waals surface area contributed by atoms with Gasteiger partial charge in [-0.15, -0.1) is 0 Å². The van der Waals surface area contributed by atoms with E-state index in [4.69, 9.17) is 18.3 Å². The molecule has 0 aliphatic heterocycles. The average molecular weight is 771 g/mol. The number of allylic oxidation sites excluding steroid dienone is 4. The van der Waals surface area contributed by atoms with Crippen molar-refractivity contribution < 1.29 is 23.1 Å². The predicted molar refractivity (Wildman–Crippen MR) is 230 cm³/mol. The molecule has 2 fully saturated rings. The first-order valence-electron chi connectivity index (χ1n) is 20.8. The van der Waals surface area contributed by atoms with Crippen molar-refractivity contribution >= 4 is 22.6 Å². The van der Waals surface area contributed by atoms with Crippen molar-refractivity contribution in [1.29, 1.82) is 0 Å². The smallest absolute Gasteiger partial charge is 0.332 e. The summed E-state index contributed by atoms with van der Waals surface area (Å²) < 4.78 is 26.5. The maximum absolute atomic E-state index is 13.1. The van der Waals surface area contributed by atoms with Gasteiger partial charge in [-0.05, 0) is 127 Å². The molecule has 0 radical (unpaired) electrons. The highest BCUT2D eigenvalue weighted by Gasteiger charge is 2.47. The summed E-state index contributed by atoms with van der Waals surface area (Å²) in [6.07, 6.45) is 14.9. The number of hydrogen-bond acceptors (Lipinski definition) is 5. The van der Waals surface area contributed by atoms with Crippen LogP contribution in [0.25, 0.3) is 0 Å². The number of rotatable bonds is 12. The van der Waals surface area contributed by atoms with Gasteiger partial charge >= 0.3 is 5.97 Å². The van der Waals surface area contributed by atoms with E-state index >= 15 is 0 Å². The molecule has 0 bridgehead atoms. The van der Waals surface area contributed by atoms with E-state index in [-0.39, 0.29) is 63.3 Å². The molecule has 1 unspecified atom stereocenters. The van der Waals surface area contributed by atoms with Gasteiger partial charge in [-0.2, -0.15) is 0 Å². The van der Waals surface area contributed by atoms with E-state index in [1.54, 1.807) is 0 Å². The van der Waals surface area contributed by atoms with Crippen LogP contribution in [0.4, 0.5) is 0 Å². The van der Waals surface area contributed by atoms with E-state index in [2.05, 4.69) is 148 Å². The maximum atomic E-state index is 13.1. The van der Waals surface area contributed by atoms with Crippen molar-refractivity contribution in [3.05, 3.63) is 47.1 Å². The minimum Gasteiger partial charge on any atom is -0.461 e. The SMILES string of the molecule is C=C1/C(=C\C=C2/CCC[C@]3(C)C(C(C)OCC(=O)OC(CC(C)(C)C)CC(C)(C)C)=CC[C@@H]23)C[C@@H](O[Si](C)(C)C(C)(C)C)C[C@@H]1O[Si](C)(C)C(C)(C)C. The fourth-order valence-electron chi connectivity index (χ4n) is 8.27. The quantitative estimate of drug-likeness (QED) is 0.112. The number of carbonyl (C=O) groups excluding carboxylic acids is 1. The number of ether oxygens (including phenoxy) is 2. The summed E-state index contributed by atoms with van der Waals surface area (Å²) in [5.41, 5.74) is 5.43. The minimum atomic E-state index is -2.03. The Bertz CT molecular complexity index is 1370. The van der Waals surface area contributed by atoms with Gasteiger partial charge in [-0.25, -0.2) is 4.79 Å². The van der Waals surface area contributed by atoms with Crippen LogP contribution in [0.15, 0.2) is 47.1 Å². The van der Waals surface area contributed by atoms with E-state index in [0.29, 0.717) is 5.92 Å². The van der Waals surface area contributed by atoms with Gasteiger partial charge in [-0.3, -0.25) is 0 Å². The summed E-state index contributed by atoms with van der Waals surface area (Å²) in [5, 5.41) is 0.263. The van der Waals surface area contributed by atoms with E-state index in [9.17, 15) is 4.79 Å². The molecule has 0 aromatic heterocycles. The van der Waals surface area contributed by atoms with Crippen LogP contribution in [-0.4, -0.2) is 53.6 Å². The summed E-state index contributed by atoms with van der Waals surface area (Å²) in [6, 6.07) is 0. The van der Waals surface area contributed by atoms with Crippen LogP contribution in [0.3, 0.4) is 0 Å². The molecule has 2 saturated carbocycles. The van der Waals surface area contributed by atoms with Gasteiger partial charge in [-0.1, -0.05) is 120 Å². The normalized spacial score (nSPS) is 27.3. The highest BCUT2D eigenvalue weighted by atomic mass is 28.4. The van der Waals surface area contributed by atoms with Crippen LogP contribution >= 0.6 is 0 Å². The summed E-state index contributed by atoms with van der Waals surface area (Å²) >= 11 is 0. The summed E-state index contributed by atoms with van der Waals surface area (Å²) in [4.78, 5) is 13.1. The molecule has 0 aromatic carbocycles. The van der Waals surface area contributed by atoms with Gasteiger partial charge in [0.1, 0.15) is 12.7 Å². The van der Waals surface area contributed by atoms with Crippen molar-refractivity contribution in [2.45, 2.75) is 209 Å². The van der Waals surface area contributed by atoms with Crippen LogP contribution in [-0.2, 0) is 23.1 Å². The Kier molecular flexibility index (Phi) is 14.5. The topological polar surface area (TPSA) is 54.0 Å². The third-order valence-electron chi connectivity index (χ3n) is 13.2. The second-order valence-electron chi connectivity index (χ2n) is 22.6. The minimum absolute atomic E-state index is 0.0123. The van der Waals surface area contributed by atoms with Gasteiger partial charge in [0.05, 0.1) is 18.3 Å². The lowest BCUT2D eigenvalue weighted by atomic mass is 9.63. The zero-order valence-electron chi connectivity index (χ0n) is 37.7. The van der Waals surface area contributed by atoms with E-state index in [1.165, 1.54) is 16.7 Å². The first-order valence-corrected chi connectivity index (χ1v) is 26.6. The summed E-state index contributed by atoms with van der Waals surface area (Å²) in [7, 11) is -4.00. The van der Waals surface area contributed by atoms with Crippen molar-refractivity contribution in [2.75, 3.05) is 6.61 Å². The van der Waals surface area contributed by atoms with Crippen LogP contribution in [0.2, 0.25) is 36.3 Å². The van der Waals surface area contributed by atoms with E-state index < -0.39 is 16.6 Å². The Balaban J connectivity index is 1.79. The molecule has 53 heavy (non-hydrogen) atoms. The molecule has 7 heteroatoms. The molecule has 3 aliphatic carbocycles. The molecule has 304 valence electrons. The Labute approximate surface area is 329 Å². The van der Waals surface area contributed by atoms with Gasteiger partial charge in [0, 0.05) is 6.42 Å². The summed E-state index contributed by atoms with van der Waals surface area (Å²) in [5.74, 6) is 0.172. The van der Waals surface area contributed by atoms with E-state index in [1.807, 2.05) is 0 Å². The van der Waals surface area contributed by atoms with Gasteiger partial charge in [0.25, 0.3) is 0 Å². The molecule has 3 rings (SSSR count). The van der Waals surface area contributed by atoms with Crippen molar-refractivity contribution in [3.8, 4) is 0 Å². The lowest BCUT2D eigenvalue weighted by Gasteiger charge is -2.45. The Morgan fingerprint density at radius 2 is 1.45 bits per heavy atom. The third kappa shape index (κ3) is 12.4. The van der Waals surface area contributed by atoms with Crippen LogP contribution in [0.1, 0.15) is 148 Å². The van der Waals surface area contributed by atoms with Crippen LogP contribution in [0.5, 0.6) is 0 Å². The molecule has 5 atom stereocenters. The molecule has 0 N–H and O–H groups in total. The summed E-state index contributed by atoms with van der Waals surface area (Å²) in [6.45, 7) is 45.8. The molecule has 3 aliphatic rings. The molecule has 0 saturated heterocycles. The Morgan fingerprint density at radius 3 is 1.98 bits per heavy atom. The van der Waals surface area contributed by atoms with Gasteiger partial charge < -0.3 is 18.3 Å². The zero-order chi connectivity index (χ0) is 40.6. The second-order valence-corrected chi connectivity index (χ2v) is 32.1. The number of hydrogen-bond donors (Lipinski definition) is 0. The number of esters is 1. The number of carbonyl (C=O) groups is 1. The van der Waals surface area contributed by atoms with Gasteiger partial charge in [0.2, 0.25) is 0 Å². The zero-order valence-corrected chi connectivity index (χ0v) is 39.7. The molecule has 0 spiro atoms.